The third-order valence-electron chi connectivity index (χ3n) is 10.4. The Labute approximate surface area is 303 Å². The van der Waals surface area contributed by atoms with Gasteiger partial charge in [0.25, 0.3) is 0 Å². The van der Waals surface area contributed by atoms with Gasteiger partial charge in [-0.2, -0.15) is 0 Å². The Morgan fingerprint density at radius 3 is 0.812 bits per heavy atom. The molecular formula is C48H84. The van der Waals surface area contributed by atoms with Crippen LogP contribution in [-0.2, 0) is 19.3 Å². The van der Waals surface area contributed by atoms with E-state index in [0.29, 0.717) is 0 Å². The molecule has 0 N–H and O–H groups in total. The monoisotopic (exact) mass is 661 g/mol. The van der Waals surface area contributed by atoms with E-state index in [1.165, 1.54) is 217 Å². The Morgan fingerprint density at radius 1 is 0.250 bits per heavy atom. The van der Waals surface area contributed by atoms with Crippen LogP contribution in [0, 0.1) is 0 Å². The summed E-state index contributed by atoms with van der Waals surface area (Å²) in [6.45, 7) is 6.89. The van der Waals surface area contributed by atoms with Gasteiger partial charge in [-0.15, -0.1) is 0 Å². The summed E-state index contributed by atoms with van der Waals surface area (Å²) in [6.07, 6.45) is 46.7. The van der Waals surface area contributed by atoms with E-state index in [9.17, 15) is 0 Å². The largest absolute Gasteiger partial charge is 0.0654 e. The van der Waals surface area contributed by atoms with Crippen LogP contribution in [0.25, 0.3) is 0 Å². The molecule has 0 unspecified atom stereocenters. The van der Waals surface area contributed by atoms with Gasteiger partial charge in [-0.05, 0) is 55.2 Å². The molecular weight excluding hydrogens is 577 g/mol. The van der Waals surface area contributed by atoms with Gasteiger partial charge in [-0.3, -0.25) is 0 Å². The second-order valence-electron chi connectivity index (χ2n) is 15.1. The van der Waals surface area contributed by atoms with Crippen molar-refractivity contribution in [1.29, 1.82) is 0 Å². The van der Waals surface area contributed by atoms with E-state index < -0.39 is 0 Å². The molecule has 2 aromatic carbocycles. The Hall–Kier alpha value is -1.56. The molecule has 0 aliphatic rings. The van der Waals surface area contributed by atoms with E-state index in [1.807, 2.05) is 0 Å². The third kappa shape index (κ3) is 29.4. The molecule has 0 aromatic heterocycles. The van der Waals surface area contributed by atoms with Gasteiger partial charge in [0, 0.05) is 0 Å². The zero-order chi connectivity index (χ0) is 34.4. The molecule has 0 aliphatic heterocycles. The van der Waals surface area contributed by atoms with Gasteiger partial charge < -0.3 is 0 Å². The van der Waals surface area contributed by atoms with Crippen LogP contribution < -0.4 is 0 Å². The van der Waals surface area contributed by atoms with Crippen LogP contribution in [0.15, 0.2) is 54.6 Å². The third-order valence-corrected chi connectivity index (χ3v) is 10.4. The highest BCUT2D eigenvalue weighted by Crippen LogP contribution is 2.18. The molecule has 2 aromatic rings. The lowest BCUT2D eigenvalue weighted by Gasteiger charge is -2.10. The molecule has 0 spiro atoms. The molecule has 48 heavy (non-hydrogen) atoms. The van der Waals surface area contributed by atoms with Crippen molar-refractivity contribution in [3.05, 3.63) is 71.3 Å². The zero-order valence-corrected chi connectivity index (χ0v) is 33.0. The summed E-state index contributed by atoms with van der Waals surface area (Å²) in [5.41, 5.74) is 4.76. The van der Waals surface area contributed by atoms with Gasteiger partial charge in [0.2, 0.25) is 0 Å². The summed E-state index contributed by atoms with van der Waals surface area (Å²) < 4.78 is 0. The van der Waals surface area contributed by atoms with Gasteiger partial charge in [0.1, 0.15) is 0 Å². The van der Waals surface area contributed by atoms with Gasteiger partial charge in [0.05, 0.1) is 0 Å². The second-order valence-corrected chi connectivity index (χ2v) is 15.1. The first-order valence-corrected chi connectivity index (χ1v) is 21.9. The minimum atomic E-state index is 1.26. The fourth-order valence-corrected chi connectivity index (χ4v) is 7.11. The number of hydrogen-bond acceptors (Lipinski definition) is 0. The maximum Gasteiger partial charge on any atom is -0.0276 e. The quantitative estimate of drug-likeness (QED) is 0.0668. The van der Waals surface area contributed by atoms with Crippen LogP contribution in [0.3, 0.4) is 0 Å². The molecule has 0 heteroatoms. The van der Waals surface area contributed by atoms with Crippen LogP contribution >= 0.6 is 0 Å². The standard InChI is InChI=1S/C30H54.C18H30/c1-3-5-7-9-11-13-15-17-19-21-25-29-27-23-24-28-30(29)26-22-20-18-16-14-12-10-8-6-4-2;1-2-3-4-5-6-7-8-9-10-12-15-18-16-13-11-14-17-18/h23-24,27-28H,3-22,25-26H2,1-2H3;11,13-14,16-17H,2-10,12,15H2,1H3. The van der Waals surface area contributed by atoms with E-state index >= 15 is 0 Å². The van der Waals surface area contributed by atoms with Crippen molar-refractivity contribution in [3.8, 4) is 0 Å². The topological polar surface area (TPSA) is 0 Å². The summed E-state index contributed by atoms with van der Waals surface area (Å²) in [4.78, 5) is 0. The van der Waals surface area contributed by atoms with Crippen LogP contribution in [0.5, 0.6) is 0 Å². The highest BCUT2D eigenvalue weighted by Gasteiger charge is 2.03. The molecule has 0 aliphatic carbocycles. The lowest BCUT2D eigenvalue weighted by atomic mass is 9.96. The predicted octanol–water partition coefficient (Wildman–Crippen LogP) is 16.8. The first-order valence-electron chi connectivity index (χ1n) is 21.9. The number of hydrogen-bond donors (Lipinski definition) is 0. The molecule has 0 atom stereocenters. The molecule has 0 radical (unpaired) electrons. The molecule has 0 nitrogen and oxygen atoms in total. The Balaban J connectivity index is 0.000000544. The lowest BCUT2D eigenvalue weighted by Crippen LogP contribution is -1.95. The number of aryl methyl sites for hydroxylation is 3. The molecule has 0 amide bonds. The summed E-state index contributed by atoms with van der Waals surface area (Å²) in [5.74, 6) is 0. The van der Waals surface area contributed by atoms with Crippen molar-refractivity contribution in [2.45, 2.75) is 233 Å². The van der Waals surface area contributed by atoms with Gasteiger partial charge >= 0.3 is 0 Å². The van der Waals surface area contributed by atoms with Gasteiger partial charge in [-0.25, -0.2) is 0 Å². The minimum absolute atomic E-state index is 1.26. The number of rotatable bonds is 33. The van der Waals surface area contributed by atoms with E-state index in [-0.39, 0.29) is 0 Å². The van der Waals surface area contributed by atoms with Crippen LogP contribution in [0.4, 0.5) is 0 Å². The van der Waals surface area contributed by atoms with Crippen molar-refractivity contribution in [1.82, 2.24) is 0 Å². The average molecular weight is 661 g/mol. The van der Waals surface area contributed by atoms with Crippen molar-refractivity contribution in [2.24, 2.45) is 0 Å². The van der Waals surface area contributed by atoms with E-state index in [0.717, 1.165) is 0 Å². The first-order chi connectivity index (χ1) is 23.8. The van der Waals surface area contributed by atoms with Crippen molar-refractivity contribution in [3.63, 3.8) is 0 Å². The van der Waals surface area contributed by atoms with E-state index in [1.54, 1.807) is 11.1 Å². The summed E-state index contributed by atoms with van der Waals surface area (Å²) >= 11 is 0. The van der Waals surface area contributed by atoms with Gasteiger partial charge in [-0.1, -0.05) is 249 Å². The van der Waals surface area contributed by atoms with Crippen molar-refractivity contribution >= 4 is 0 Å². The molecule has 276 valence electrons. The lowest BCUT2D eigenvalue weighted by molar-refractivity contribution is 0.553. The van der Waals surface area contributed by atoms with E-state index in [4.69, 9.17) is 0 Å². The zero-order valence-electron chi connectivity index (χ0n) is 33.0. The smallest absolute Gasteiger partial charge is 0.0276 e. The Bertz CT molecular complexity index is 824. The molecule has 0 heterocycles. The van der Waals surface area contributed by atoms with Crippen LogP contribution in [-0.4, -0.2) is 0 Å². The second kappa shape index (κ2) is 36.7. The highest BCUT2D eigenvalue weighted by atomic mass is 14.1. The summed E-state index contributed by atoms with van der Waals surface area (Å²) in [6, 6.07) is 20.1. The maximum atomic E-state index is 2.39. The Kier molecular flexibility index (Phi) is 34.0. The fourth-order valence-electron chi connectivity index (χ4n) is 7.11. The van der Waals surface area contributed by atoms with Gasteiger partial charge in [0.15, 0.2) is 0 Å². The average Bonchev–Trinajstić information content (AvgIpc) is 3.12. The molecule has 0 fully saturated rings. The van der Waals surface area contributed by atoms with Crippen molar-refractivity contribution in [2.75, 3.05) is 0 Å². The first kappa shape index (κ1) is 44.5. The number of unbranched alkanes of at least 4 members (excludes halogenated alkanes) is 27. The molecule has 0 saturated heterocycles. The SMILES string of the molecule is CCCCCCCCCCCCc1ccccc1.CCCCCCCCCCCCc1ccccc1CCCCCCCCCCCC. The van der Waals surface area contributed by atoms with Crippen LogP contribution in [0.1, 0.15) is 230 Å². The van der Waals surface area contributed by atoms with Crippen molar-refractivity contribution < 1.29 is 0 Å². The summed E-state index contributed by atoms with van der Waals surface area (Å²) in [7, 11) is 0. The molecule has 0 bridgehead atoms. The predicted molar refractivity (Wildman–Crippen MR) is 220 cm³/mol. The van der Waals surface area contributed by atoms with E-state index in [2.05, 4.69) is 75.4 Å². The molecule has 2 rings (SSSR count). The normalized spacial score (nSPS) is 11.1. The highest BCUT2D eigenvalue weighted by molar-refractivity contribution is 5.27. The number of benzene rings is 2. The maximum absolute atomic E-state index is 2.39. The fraction of sp³-hybridized carbons (Fsp3) is 0.750. The summed E-state index contributed by atoms with van der Waals surface area (Å²) in [5, 5.41) is 0. The minimum Gasteiger partial charge on any atom is -0.0654 e. The Morgan fingerprint density at radius 2 is 0.500 bits per heavy atom. The van der Waals surface area contributed by atoms with Crippen LogP contribution in [0.2, 0.25) is 0 Å². The molecule has 0 saturated carbocycles.